The molecule has 0 saturated carbocycles. The predicted octanol–water partition coefficient (Wildman–Crippen LogP) is 0.558. The van der Waals surface area contributed by atoms with Gasteiger partial charge in [-0.2, -0.15) is 0 Å². The summed E-state index contributed by atoms with van der Waals surface area (Å²) in [5, 5.41) is 18.6. The standard InChI is InChI=1S/C9H14N2O2/c1-2-7(10)9(13)8-4-3-6(12)5-11-8/h3-5,7,9,12-13H,2,10H2,1H3/t7-,9+/m0/s1. The number of nitrogens with zero attached hydrogens (tertiary/aromatic N) is 1. The quantitative estimate of drug-likeness (QED) is 0.638. The Balaban J connectivity index is 2.77. The van der Waals surface area contributed by atoms with Crippen LogP contribution in [0.4, 0.5) is 0 Å². The average molecular weight is 182 g/mol. The third kappa shape index (κ3) is 2.40. The molecule has 0 aromatic carbocycles. The van der Waals surface area contributed by atoms with E-state index in [2.05, 4.69) is 4.98 Å². The number of rotatable bonds is 3. The second-order valence-corrected chi connectivity index (χ2v) is 2.96. The first kappa shape index (κ1) is 9.95. The van der Waals surface area contributed by atoms with Gasteiger partial charge in [0.25, 0.3) is 0 Å². The summed E-state index contributed by atoms with van der Waals surface area (Å²) in [5.74, 6) is 0.0843. The fourth-order valence-electron chi connectivity index (χ4n) is 1.02. The molecule has 4 nitrogen and oxygen atoms in total. The van der Waals surface area contributed by atoms with E-state index < -0.39 is 6.10 Å². The number of aromatic nitrogens is 1. The Hall–Kier alpha value is -1.13. The van der Waals surface area contributed by atoms with Gasteiger partial charge in [-0.15, -0.1) is 0 Å². The topological polar surface area (TPSA) is 79.4 Å². The van der Waals surface area contributed by atoms with Gasteiger partial charge in [0.15, 0.2) is 0 Å². The van der Waals surface area contributed by atoms with E-state index in [1.165, 1.54) is 12.3 Å². The van der Waals surface area contributed by atoms with Crippen molar-refractivity contribution in [2.24, 2.45) is 5.73 Å². The lowest BCUT2D eigenvalue weighted by Gasteiger charge is -2.16. The summed E-state index contributed by atoms with van der Waals surface area (Å²) < 4.78 is 0. The van der Waals surface area contributed by atoms with E-state index >= 15 is 0 Å². The summed E-state index contributed by atoms with van der Waals surface area (Å²) in [4.78, 5) is 3.87. The lowest BCUT2D eigenvalue weighted by molar-refractivity contribution is 0.140. The second-order valence-electron chi connectivity index (χ2n) is 2.96. The van der Waals surface area contributed by atoms with E-state index in [9.17, 15) is 5.11 Å². The minimum absolute atomic E-state index is 0.0843. The van der Waals surface area contributed by atoms with Crippen molar-refractivity contribution >= 4 is 0 Å². The molecule has 1 aromatic heterocycles. The summed E-state index contributed by atoms with van der Waals surface area (Å²) in [5.41, 5.74) is 6.13. The summed E-state index contributed by atoms with van der Waals surface area (Å²) in [7, 11) is 0. The first-order valence-electron chi connectivity index (χ1n) is 4.23. The van der Waals surface area contributed by atoms with E-state index in [1.807, 2.05) is 6.92 Å². The van der Waals surface area contributed by atoms with E-state index in [0.717, 1.165) is 0 Å². The number of nitrogens with two attached hydrogens (primary N) is 1. The maximum atomic E-state index is 9.61. The van der Waals surface area contributed by atoms with Crippen molar-refractivity contribution in [2.45, 2.75) is 25.5 Å². The SMILES string of the molecule is CC[C@H](N)[C@@H](O)c1ccc(O)cn1. The monoisotopic (exact) mass is 182 g/mol. The van der Waals surface area contributed by atoms with Gasteiger partial charge in [0, 0.05) is 6.04 Å². The first-order valence-corrected chi connectivity index (χ1v) is 4.23. The predicted molar refractivity (Wildman–Crippen MR) is 49.1 cm³/mol. The maximum absolute atomic E-state index is 9.61. The third-order valence-corrected chi connectivity index (χ3v) is 1.95. The molecular weight excluding hydrogens is 168 g/mol. The molecule has 0 bridgehead atoms. The van der Waals surface area contributed by atoms with Crippen LogP contribution in [-0.4, -0.2) is 21.2 Å². The zero-order valence-electron chi connectivity index (χ0n) is 7.51. The van der Waals surface area contributed by atoms with Crippen LogP contribution >= 0.6 is 0 Å². The van der Waals surface area contributed by atoms with Crippen LogP contribution in [0.3, 0.4) is 0 Å². The van der Waals surface area contributed by atoms with Gasteiger partial charge in [-0.1, -0.05) is 6.92 Å². The lowest BCUT2D eigenvalue weighted by Crippen LogP contribution is -2.27. The maximum Gasteiger partial charge on any atom is 0.133 e. The zero-order chi connectivity index (χ0) is 9.84. The molecule has 72 valence electrons. The highest BCUT2D eigenvalue weighted by Gasteiger charge is 2.15. The second kappa shape index (κ2) is 4.20. The number of hydrogen-bond acceptors (Lipinski definition) is 4. The summed E-state index contributed by atoms with van der Waals surface area (Å²) in [6, 6.07) is 2.74. The van der Waals surface area contributed by atoms with Crippen LogP contribution in [0.15, 0.2) is 18.3 Å². The van der Waals surface area contributed by atoms with E-state index in [0.29, 0.717) is 12.1 Å². The fraction of sp³-hybridized carbons (Fsp3) is 0.444. The van der Waals surface area contributed by atoms with Crippen LogP contribution in [0.25, 0.3) is 0 Å². The van der Waals surface area contributed by atoms with Crippen molar-refractivity contribution in [3.63, 3.8) is 0 Å². The minimum atomic E-state index is -0.759. The molecule has 0 fully saturated rings. The van der Waals surface area contributed by atoms with Crippen molar-refractivity contribution in [2.75, 3.05) is 0 Å². The van der Waals surface area contributed by atoms with E-state index in [-0.39, 0.29) is 11.8 Å². The molecule has 4 heteroatoms. The third-order valence-electron chi connectivity index (χ3n) is 1.95. The Labute approximate surface area is 77.0 Å². The smallest absolute Gasteiger partial charge is 0.133 e. The van der Waals surface area contributed by atoms with Crippen molar-refractivity contribution < 1.29 is 10.2 Å². The van der Waals surface area contributed by atoms with Crippen LogP contribution in [0.1, 0.15) is 25.1 Å². The summed E-state index contributed by atoms with van der Waals surface area (Å²) in [6.07, 6.45) is 1.22. The number of aliphatic hydroxyl groups excluding tert-OH is 1. The average Bonchev–Trinajstić information content (AvgIpc) is 2.17. The highest BCUT2D eigenvalue weighted by molar-refractivity contribution is 5.19. The highest BCUT2D eigenvalue weighted by Crippen LogP contribution is 2.16. The van der Waals surface area contributed by atoms with E-state index in [1.54, 1.807) is 6.07 Å². The molecule has 4 N–H and O–H groups in total. The van der Waals surface area contributed by atoms with Crippen LogP contribution in [-0.2, 0) is 0 Å². The molecule has 2 atom stereocenters. The van der Waals surface area contributed by atoms with Crippen molar-refractivity contribution in [1.29, 1.82) is 0 Å². The molecule has 0 unspecified atom stereocenters. The largest absolute Gasteiger partial charge is 0.506 e. The number of aliphatic hydroxyl groups is 1. The highest BCUT2D eigenvalue weighted by atomic mass is 16.3. The zero-order valence-corrected chi connectivity index (χ0v) is 7.51. The van der Waals surface area contributed by atoms with Gasteiger partial charge in [-0.05, 0) is 18.6 Å². The van der Waals surface area contributed by atoms with Crippen LogP contribution in [0.5, 0.6) is 5.75 Å². The van der Waals surface area contributed by atoms with Gasteiger partial charge in [-0.25, -0.2) is 0 Å². The first-order chi connectivity index (χ1) is 6.15. The van der Waals surface area contributed by atoms with Crippen LogP contribution in [0.2, 0.25) is 0 Å². The van der Waals surface area contributed by atoms with Crippen LogP contribution < -0.4 is 5.73 Å². The summed E-state index contributed by atoms with van der Waals surface area (Å²) in [6.45, 7) is 1.90. The number of pyridine rings is 1. The van der Waals surface area contributed by atoms with Gasteiger partial charge in [0.2, 0.25) is 0 Å². The van der Waals surface area contributed by atoms with Crippen molar-refractivity contribution in [3.05, 3.63) is 24.0 Å². The molecule has 0 spiro atoms. The molecule has 0 aliphatic carbocycles. The van der Waals surface area contributed by atoms with Crippen molar-refractivity contribution in [1.82, 2.24) is 4.98 Å². The Bertz CT molecular complexity index is 261. The molecule has 0 radical (unpaired) electrons. The summed E-state index contributed by atoms with van der Waals surface area (Å²) >= 11 is 0. The molecule has 0 amide bonds. The van der Waals surface area contributed by atoms with Gasteiger partial charge in [0.1, 0.15) is 11.9 Å². The Morgan fingerprint density at radius 2 is 2.23 bits per heavy atom. The Morgan fingerprint density at radius 1 is 1.54 bits per heavy atom. The van der Waals surface area contributed by atoms with Gasteiger partial charge >= 0.3 is 0 Å². The molecule has 1 heterocycles. The molecule has 1 aromatic rings. The lowest BCUT2D eigenvalue weighted by atomic mass is 10.1. The molecule has 0 saturated heterocycles. The molecular formula is C9H14N2O2. The molecule has 1 rings (SSSR count). The van der Waals surface area contributed by atoms with Crippen LogP contribution in [0, 0.1) is 0 Å². The normalized spacial score (nSPS) is 15.3. The number of aromatic hydroxyl groups is 1. The number of hydrogen-bond donors (Lipinski definition) is 3. The molecule has 13 heavy (non-hydrogen) atoms. The van der Waals surface area contributed by atoms with E-state index in [4.69, 9.17) is 10.8 Å². The molecule has 0 aliphatic rings. The van der Waals surface area contributed by atoms with Gasteiger partial charge in [0.05, 0.1) is 11.9 Å². The minimum Gasteiger partial charge on any atom is -0.506 e. The Morgan fingerprint density at radius 3 is 2.69 bits per heavy atom. The molecule has 0 aliphatic heterocycles. The Kier molecular flexibility index (Phi) is 3.22. The van der Waals surface area contributed by atoms with Gasteiger partial charge in [-0.3, -0.25) is 4.98 Å². The fourth-order valence-corrected chi connectivity index (χ4v) is 1.02. The van der Waals surface area contributed by atoms with Crippen molar-refractivity contribution in [3.8, 4) is 5.75 Å². The van der Waals surface area contributed by atoms with Gasteiger partial charge < -0.3 is 15.9 Å².